The van der Waals surface area contributed by atoms with Gasteiger partial charge in [-0.05, 0) is 38.0 Å². The van der Waals surface area contributed by atoms with Crippen molar-refractivity contribution in [3.8, 4) is 11.5 Å². The number of carboxylic acid groups (broad SMARTS) is 1. The molecule has 0 aromatic heterocycles. The van der Waals surface area contributed by atoms with E-state index in [9.17, 15) is 4.79 Å². The van der Waals surface area contributed by atoms with Crippen molar-refractivity contribution < 1.29 is 24.1 Å². The second kappa shape index (κ2) is 6.43. The summed E-state index contributed by atoms with van der Waals surface area (Å²) in [6, 6.07) is 4.65. The molecule has 0 radical (unpaired) electrons. The topological polar surface area (TPSA) is 65.0 Å². The number of hydrogen-bond acceptors (Lipinski definition) is 4. The molecule has 1 N–H and O–H groups in total. The van der Waals surface area contributed by atoms with Gasteiger partial charge in [0.2, 0.25) is 0 Å². The Labute approximate surface area is 112 Å². The van der Waals surface area contributed by atoms with E-state index in [-0.39, 0.29) is 11.7 Å². The van der Waals surface area contributed by atoms with Crippen LogP contribution in [0.5, 0.6) is 11.5 Å². The van der Waals surface area contributed by atoms with Gasteiger partial charge in [-0.2, -0.15) is 0 Å². The maximum atomic E-state index is 10.9. The minimum atomic E-state index is -0.978. The summed E-state index contributed by atoms with van der Waals surface area (Å²) in [5.74, 6) is 0.0591. The molecule has 5 nitrogen and oxygen atoms in total. The van der Waals surface area contributed by atoms with E-state index in [1.807, 2.05) is 6.92 Å². The monoisotopic (exact) mass is 266 g/mol. The van der Waals surface area contributed by atoms with Crippen molar-refractivity contribution >= 4 is 5.97 Å². The first-order chi connectivity index (χ1) is 9.20. The summed E-state index contributed by atoms with van der Waals surface area (Å²) in [7, 11) is 0. The Morgan fingerprint density at radius 1 is 1.47 bits per heavy atom. The van der Waals surface area contributed by atoms with E-state index in [1.54, 1.807) is 6.07 Å². The fourth-order valence-corrected chi connectivity index (χ4v) is 1.99. The average Bonchev–Trinajstić information content (AvgIpc) is 2.42. The van der Waals surface area contributed by atoms with Gasteiger partial charge in [-0.15, -0.1) is 0 Å². The Bertz CT molecular complexity index is 437. The van der Waals surface area contributed by atoms with Gasteiger partial charge in [0.05, 0.1) is 18.8 Å². The normalized spacial score (nSPS) is 18.9. The number of ether oxygens (including phenoxy) is 3. The zero-order chi connectivity index (χ0) is 13.7. The number of carbonyl (C=O) groups is 1. The van der Waals surface area contributed by atoms with Crippen LogP contribution in [0.25, 0.3) is 0 Å². The molecule has 0 aliphatic carbocycles. The lowest BCUT2D eigenvalue weighted by Crippen LogP contribution is -2.28. The van der Waals surface area contributed by atoms with Crippen LogP contribution in [0.4, 0.5) is 0 Å². The van der Waals surface area contributed by atoms with Crippen molar-refractivity contribution in [2.24, 2.45) is 0 Å². The lowest BCUT2D eigenvalue weighted by molar-refractivity contribution is 0.00623. The Balaban J connectivity index is 2.15. The molecule has 5 heteroatoms. The van der Waals surface area contributed by atoms with Crippen molar-refractivity contribution in [3.05, 3.63) is 23.8 Å². The number of rotatable bonds is 5. The summed E-state index contributed by atoms with van der Waals surface area (Å²) in [4.78, 5) is 10.9. The number of aromatic carboxylic acids is 1. The third-order valence-electron chi connectivity index (χ3n) is 2.90. The molecule has 1 aliphatic rings. The third kappa shape index (κ3) is 3.61. The van der Waals surface area contributed by atoms with E-state index in [2.05, 4.69) is 0 Å². The molecule has 19 heavy (non-hydrogen) atoms. The van der Waals surface area contributed by atoms with E-state index in [0.29, 0.717) is 24.7 Å². The van der Waals surface area contributed by atoms with Gasteiger partial charge in [0, 0.05) is 6.61 Å². The van der Waals surface area contributed by atoms with Gasteiger partial charge in [0.25, 0.3) is 0 Å². The molecule has 0 spiro atoms. The van der Waals surface area contributed by atoms with Crippen molar-refractivity contribution in [1.29, 1.82) is 0 Å². The van der Waals surface area contributed by atoms with Crippen molar-refractivity contribution in [2.45, 2.75) is 25.9 Å². The van der Waals surface area contributed by atoms with Crippen LogP contribution >= 0.6 is 0 Å². The van der Waals surface area contributed by atoms with Crippen molar-refractivity contribution in [3.63, 3.8) is 0 Å². The maximum absolute atomic E-state index is 10.9. The molecule has 1 aromatic rings. The van der Waals surface area contributed by atoms with Crippen molar-refractivity contribution in [1.82, 2.24) is 0 Å². The number of benzene rings is 1. The van der Waals surface area contributed by atoms with Gasteiger partial charge in [-0.1, -0.05) is 0 Å². The zero-order valence-corrected chi connectivity index (χ0v) is 10.9. The molecule has 2 rings (SSSR count). The molecule has 1 saturated heterocycles. The largest absolute Gasteiger partial charge is 0.490 e. The summed E-state index contributed by atoms with van der Waals surface area (Å²) in [6.45, 7) is 3.64. The highest BCUT2D eigenvalue weighted by Gasteiger charge is 2.18. The number of carboxylic acids is 1. The molecule has 0 saturated carbocycles. The Kier molecular flexibility index (Phi) is 4.63. The summed E-state index contributed by atoms with van der Waals surface area (Å²) in [5, 5.41) is 8.97. The van der Waals surface area contributed by atoms with Gasteiger partial charge < -0.3 is 19.3 Å². The first-order valence-electron chi connectivity index (χ1n) is 6.45. The van der Waals surface area contributed by atoms with E-state index in [1.165, 1.54) is 12.1 Å². The molecule has 0 amide bonds. The molecular formula is C14H18O5. The van der Waals surface area contributed by atoms with Crippen LogP contribution in [-0.4, -0.2) is 37.0 Å². The van der Waals surface area contributed by atoms with Crippen LogP contribution < -0.4 is 9.47 Å². The van der Waals surface area contributed by atoms with Gasteiger partial charge in [-0.3, -0.25) is 0 Å². The molecule has 1 aromatic carbocycles. The molecule has 1 unspecified atom stereocenters. The summed E-state index contributed by atoms with van der Waals surface area (Å²) >= 11 is 0. The van der Waals surface area contributed by atoms with Crippen LogP contribution in [0.2, 0.25) is 0 Å². The fourth-order valence-electron chi connectivity index (χ4n) is 1.99. The Hall–Kier alpha value is -1.75. The van der Waals surface area contributed by atoms with E-state index < -0.39 is 5.97 Å². The van der Waals surface area contributed by atoms with E-state index in [4.69, 9.17) is 19.3 Å². The minimum Gasteiger partial charge on any atom is -0.490 e. The van der Waals surface area contributed by atoms with Crippen LogP contribution in [0.15, 0.2) is 18.2 Å². The molecule has 0 bridgehead atoms. The quantitative estimate of drug-likeness (QED) is 0.886. The first kappa shape index (κ1) is 13.7. The molecule has 1 atom stereocenters. The van der Waals surface area contributed by atoms with E-state index in [0.717, 1.165) is 19.4 Å². The predicted octanol–water partition coefficient (Wildman–Crippen LogP) is 2.34. The molecule has 1 heterocycles. The van der Waals surface area contributed by atoms with Crippen molar-refractivity contribution in [2.75, 3.05) is 19.8 Å². The highest BCUT2D eigenvalue weighted by atomic mass is 16.6. The minimum absolute atomic E-state index is 0.00336. The smallest absolute Gasteiger partial charge is 0.335 e. The van der Waals surface area contributed by atoms with Crippen LogP contribution in [0, 0.1) is 0 Å². The lowest BCUT2D eigenvalue weighted by Gasteiger charge is -2.24. The number of hydrogen-bond donors (Lipinski definition) is 1. The highest BCUT2D eigenvalue weighted by Crippen LogP contribution is 2.30. The molecular weight excluding hydrogens is 248 g/mol. The first-order valence-corrected chi connectivity index (χ1v) is 6.45. The van der Waals surface area contributed by atoms with Crippen LogP contribution in [0.1, 0.15) is 30.1 Å². The highest BCUT2D eigenvalue weighted by molar-refractivity contribution is 5.88. The van der Waals surface area contributed by atoms with Crippen LogP contribution in [0.3, 0.4) is 0 Å². The van der Waals surface area contributed by atoms with Gasteiger partial charge in [-0.25, -0.2) is 4.79 Å². The second-order valence-electron chi connectivity index (χ2n) is 4.36. The molecule has 1 fully saturated rings. The van der Waals surface area contributed by atoms with Crippen LogP contribution in [-0.2, 0) is 4.74 Å². The molecule has 1 aliphatic heterocycles. The summed E-state index contributed by atoms with van der Waals surface area (Å²) in [6.07, 6.45) is 1.91. The van der Waals surface area contributed by atoms with E-state index >= 15 is 0 Å². The Morgan fingerprint density at radius 2 is 2.32 bits per heavy atom. The SMILES string of the molecule is CCOc1cc(C(=O)O)ccc1OC1CCCOC1. The summed E-state index contributed by atoms with van der Waals surface area (Å²) in [5.41, 5.74) is 0.190. The average molecular weight is 266 g/mol. The van der Waals surface area contributed by atoms with Gasteiger partial charge in [0.15, 0.2) is 11.5 Å². The predicted molar refractivity (Wildman–Crippen MR) is 69.0 cm³/mol. The van der Waals surface area contributed by atoms with Gasteiger partial charge in [0.1, 0.15) is 6.10 Å². The maximum Gasteiger partial charge on any atom is 0.335 e. The molecule has 104 valence electrons. The lowest BCUT2D eigenvalue weighted by atomic mass is 10.1. The Morgan fingerprint density at radius 3 is 2.95 bits per heavy atom. The second-order valence-corrected chi connectivity index (χ2v) is 4.36. The van der Waals surface area contributed by atoms with Gasteiger partial charge >= 0.3 is 5.97 Å². The summed E-state index contributed by atoms with van der Waals surface area (Å²) < 4.78 is 16.6. The zero-order valence-electron chi connectivity index (χ0n) is 10.9. The standard InChI is InChI=1S/C14H18O5/c1-2-18-13-8-10(14(15)16)5-6-12(13)19-11-4-3-7-17-9-11/h5-6,8,11H,2-4,7,9H2,1H3,(H,15,16). The fraction of sp³-hybridized carbons (Fsp3) is 0.500. The third-order valence-corrected chi connectivity index (χ3v) is 2.90.